The molecular formula is C18H20N6S2. The fraction of sp³-hybridized carbons (Fsp3) is 0.444. The van der Waals surface area contributed by atoms with Crippen molar-refractivity contribution in [2.45, 2.75) is 51.9 Å². The molecule has 0 aliphatic rings. The molecular weight excluding hydrogens is 364 g/mol. The SMILES string of the molecule is CC(C)(C)c1nc2cc(CC(C)(C)c3nc4cncnc4s3)nnc2s1. The average Bonchev–Trinajstić information content (AvgIpc) is 3.18. The summed E-state index contributed by atoms with van der Waals surface area (Å²) in [5.41, 5.74) is 2.55. The lowest BCUT2D eigenvalue weighted by atomic mass is 9.88. The van der Waals surface area contributed by atoms with Crippen molar-refractivity contribution in [2.75, 3.05) is 0 Å². The van der Waals surface area contributed by atoms with Crippen LogP contribution in [0.2, 0.25) is 0 Å². The van der Waals surface area contributed by atoms with E-state index in [-0.39, 0.29) is 10.8 Å². The minimum absolute atomic E-state index is 0.0207. The van der Waals surface area contributed by atoms with Crippen molar-refractivity contribution in [3.8, 4) is 0 Å². The van der Waals surface area contributed by atoms with E-state index in [1.165, 1.54) is 0 Å². The van der Waals surface area contributed by atoms with Crippen LogP contribution >= 0.6 is 22.7 Å². The Morgan fingerprint density at radius 2 is 1.62 bits per heavy atom. The van der Waals surface area contributed by atoms with E-state index in [2.05, 4.69) is 60.9 Å². The molecule has 4 aromatic heterocycles. The van der Waals surface area contributed by atoms with E-state index in [1.54, 1.807) is 35.2 Å². The summed E-state index contributed by atoms with van der Waals surface area (Å²) in [5.74, 6) is 0. The largest absolute Gasteiger partial charge is 0.242 e. The van der Waals surface area contributed by atoms with Crippen LogP contribution in [0.3, 0.4) is 0 Å². The van der Waals surface area contributed by atoms with Gasteiger partial charge in [-0.2, -0.15) is 5.10 Å². The highest BCUT2D eigenvalue weighted by atomic mass is 32.1. The van der Waals surface area contributed by atoms with Crippen molar-refractivity contribution >= 4 is 43.4 Å². The predicted molar refractivity (Wildman–Crippen MR) is 106 cm³/mol. The lowest BCUT2D eigenvalue weighted by Crippen LogP contribution is -2.21. The van der Waals surface area contributed by atoms with Gasteiger partial charge in [-0.3, -0.25) is 0 Å². The number of aromatic nitrogens is 6. The molecule has 134 valence electrons. The smallest absolute Gasteiger partial charge is 0.166 e. The molecule has 0 N–H and O–H groups in total. The molecule has 0 aliphatic carbocycles. The Morgan fingerprint density at radius 3 is 2.35 bits per heavy atom. The zero-order valence-electron chi connectivity index (χ0n) is 15.4. The van der Waals surface area contributed by atoms with Gasteiger partial charge in [0.25, 0.3) is 0 Å². The van der Waals surface area contributed by atoms with Crippen molar-refractivity contribution < 1.29 is 0 Å². The minimum atomic E-state index is -0.170. The molecule has 0 unspecified atom stereocenters. The molecule has 0 aliphatic heterocycles. The molecule has 26 heavy (non-hydrogen) atoms. The van der Waals surface area contributed by atoms with Crippen LogP contribution in [0.1, 0.15) is 50.3 Å². The second-order valence-corrected chi connectivity index (χ2v) is 10.0. The Hall–Kier alpha value is -2.06. The van der Waals surface area contributed by atoms with Gasteiger partial charge in [-0.1, -0.05) is 57.3 Å². The first-order valence-electron chi connectivity index (χ1n) is 8.43. The standard InChI is InChI=1S/C18H20N6S2/c1-17(2,3)15-21-11-6-10(23-24-14(11)26-15)7-18(4,5)16-22-12-8-19-9-20-13(12)25-16/h6,8-9H,7H2,1-5H3. The molecule has 0 atom stereocenters. The molecule has 0 saturated carbocycles. The Bertz CT molecular complexity index is 1060. The quantitative estimate of drug-likeness (QED) is 0.524. The van der Waals surface area contributed by atoms with Crippen LogP contribution in [-0.4, -0.2) is 30.1 Å². The second kappa shape index (κ2) is 5.99. The van der Waals surface area contributed by atoms with Gasteiger partial charge in [0.1, 0.15) is 32.2 Å². The van der Waals surface area contributed by atoms with Crippen LogP contribution in [0.15, 0.2) is 18.6 Å². The molecule has 0 radical (unpaired) electrons. The summed E-state index contributed by atoms with van der Waals surface area (Å²) in [6.45, 7) is 10.8. The third-order valence-electron chi connectivity index (χ3n) is 4.12. The predicted octanol–water partition coefficient (Wildman–Crippen LogP) is 4.30. The molecule has 0 amide bonds. The summed E-state index contributed by atoms with van der Waals surface area (Å²) in [7, 11) is 0. The molecule has 4 heterocycles. The number of fused-ring (bicyclic) bond motifs is 2. The van der Waals surface area contributed by atoms with Crippen molar-refractivity contribution in [3.05, 3.63) is 34.3 Å². The van der Waals surface area contributed by atoms with E-state index in [0.29, 0.717) is 0 Å². The summed E-state index contributed by atoms with van der Waals surface area (Å²) in [5, 5.41) is 11.0. The maximum Gasteiger partial charge on any atom is 0.166 e. The fourth-order valence-corrected chi connectivity index (χ4v) is 4.60. The van der Waals surface area contributed by atoms with E-state index < -0.39 is 0 Å². The normalized spacial score (nSPS) is 13.0. The monoisotopic (exact) mass is 384 g/mol. The lowest BCUT2D eigenvalue weighted by Gasteiger charge is -2.20. The fourth-order valence-electron chi connectivity index (χ4n) is 2.70. The van der Waals surface area contributed by atoms with Gasteiger partial charge in [-0.15, -0.1) is 5.10 Å². The molecule has 0 aromatic carbocycles. The van der Waals surface area contributed by atoms with Gasteiger partial charge in [0.15, 0.2) is 4.83 Å². The van der Waals surface area contributed by atoms with Crippen LogP contribution in [0.4, 0.5) is 0 Å². The molecule has 8 heteroatoms. The van der Waals surface area contributed by atoms with Gasteiger partial charge in [-0.05, 0) is 6.07 Å². The molecule has 6 nitrogen and oxygen atoms in total. The number of hydrogen-bond donors (Lipinski definition) is 0. The maximum atomic E-state index is 4.77. The van der Waals surface area contributed by atoms with Crippen molar-refractivity contribution in [1.29, 1.82) is 0 Å². The van der Waals surface area contributed by atoms with Crippen LogP contribution in [0.25, 0.3) is 20.7 Å². The van der Waals surface area contributed by atoms with Crippen LogP contribution in [0, 0.1) is 0 Å². The van der Waals surface area contributed by atoms with E-state index in [0.717, 1.165) is 42.8 Å². The summed E-state index contributed by atoms with van der Waals surface area (Å²) in [6, 6.07) is 2.06. The summed E-state index contributed by atoms with van der Waals surface area (Å²) < 4.78 is 0. The minimum Gasteiger partial charge on any atom is -0.242 e. The zero-order chi connectivity index (χ0) is 18.5. The molecule has 0 spiro atoms. The molecule has 0 saturated heterocycles. The van der Waals surface area contributed by atoms with Gasteiger partial charge in [0, 0.05) is 17.3 Å². The summed E-state index contributed by atoms with van der Waals surface area (Å²) in [4.78, 5) is 19.6. The Balaban J connectivity index is 1.66. The van der Waals surface area contributed by atoms with Crippen LogP contribution in [-0.2, 0) is 17.3 Å². The first-order valence-corrected chi connectivity index (χ1v) is 10.1. The Labute approximate surface area is 159 Å². The highest BCUT2D eigenvalue weighted by Crippen LogP contribution is 2.34. The van der Waals surface area contributed by atoms with Gasteiger partial charge in [0.05, 0.1) is 11.9 Å². The number of hydrogen-bond acceptors (Lipinski definition) is 8. The Morgan fingerprint density at radius 1 is 0.885 bits per heavy atom. The topological polar surface area (TPSA) is 77.3 Å². The number of thiazole rings is 2. The molecule has 0 bridgehead atoms. The highest BCUT2D eigenvalue weighted by molar-refractivity contribution is 7.18. The molecule has 4 rings (SSSR count). The van der Waals surface area contributed by atoms with Crippen molar-refractivity contribution in [2.24, 2.45) is 0 Å². The van der Waals surface area contributed by atoms with Crippen LogP contribution in [0.5, 0.6) is 0 Å². The molecule has 0 fully saturated rings. The first-order chi connectivity index (χ1) is 12.2. The summed E-state index contributed by atoms with van der Waals surface area (Å²) >= 11 is 3.23. The Kier molecular flexibility index (Phi) is 4.00. The zero-order valence-corrected chi connectivity index (χ0v) is 17.1. The van der Waals surface area contributed by atoms with Gasteiger partial charge < -0.3 is 0 Å². The van der Waals surface area contributed by atoms with Crippen molar-refractivity contribution in [3.63, 3.8) is 0 Å². The third kappa shape index (κ3) is 3.19. The van der Waals surface area contributed by atoms with E-state index >= 15 is 0 Å². The van der Waals surface area contributed by atoms with E-state index in [9.17, 15) is 0 Å². The third-order valence-corrected chi connectivity index (χ3v) is 6.85. The highest BCUT2D eigenvalue weighted by Gasteiger charge is 2.27. The van der Waals surface area contributed by atoms with E-state index in [1.807, 2.05) is 0 Å². The van der Waals surface area contributed by atoms with Gasteiger partial charge in [-0.25, -0.2) is 19.9 Å². The lowest BCUT2D eigenvalue weighted by molar-refractivity contribution is 0.510. The van der Waals surface area contributed by atoms with Crippen LogP contribution < -0.4 is 0 Å². The summed E-state index contributed by atoms with van der Waals surface area (Å²) in [6.07, 6.45) is 4.06. The molecule has 4 aromatic rings. The number of nitrogens with zero attached hydrogens (tertiary/aromatic N) is 6. The average molecular weight is 385 g/mol. The van der Waals surface area contributed by atoms with Gasteiger partial charge in [0.2, 0.25) is 0 Å². The first kappa shape index (κ1) is 17.4. The second-order valence-electron chi connectivity index (χ2n) is 8.09. The van der Waals surface area contributed by atoms with Gasteiger partial charge >= 0.3 is 0 Å². The number of rotatable bonds is 3. The van der Waals surface area contributed by atoms with E-state index in [4.69, 9.17) is 9.97 Å². The van der Waals surface area contributed by atoms with Crippen molar-refractivity contribution in [1.82, 2.24) is 30.1 Å². The maximum absolute atomic E-state index is 4.77.